The third kappa shape index (κ3) is 6.45. The number of allylic oxidation sites excluding steroid dienone is 2. The zero-order valence-corrected chi connectivity index (χ0v) is 24.3. The summed E-state index contributed by atoms with van der Waals surface area (Å²) in [6.45, 7) is 15.6. The molecule has 0 unspecified atom stereocenters. The largest absolute Gasteiger partial charge is 0.512 e. The zero-order chi connectivity index (χ0) is 25.6. The Bertz CT molecular complexity index is 1470. The molecular formula is C27H31N2O4PtS-. The topological polar surface area (TPSA) is 96.2 Å². The maximum Gasteiger partial charge on any atom is 0.354 e. The number of hydrogen-bond donors (Lipinski definition) is 1. The number of fused-ring (bicyclic) bond motifs is 6. The number of carbonyl (C=O) groups is 1. The molecule has 0 radical (unpaired) electrons. The van der Waals surface area contributed by atoms with E-state index in [2.05, 4.69) is 74.6 Å². The fourth-order valence-corrected chi connectivity index (χ4v) is 4.62. The molecule has 6 nitrogen and oxygen atoms in total. The average molecular weight is 675 g/mol. The van der Waals surface area contributed by atoms with Gasteiger partial charge in [0.2, 0.25) is 0 Å². The van der Waals surface area contributed by atoms with E-state index in [0.29, 0.717) is 10.7 Å². The van der Waals surface area contributed by atoms with Crippen LogP contribution in [-0.2, 0) is 46.9 Å². The van der Waals surface area contributed by atoms with Crippen LogP contribution in [0.4, 0.5) is 0 Å². The molecule has 3 aromatic rings. The molecule has 0 saturated heterocycles. The van der Waals surface area contributed by atoms with Crippen molar-refractivity contribution in [1.29, 1.82) is 0 Å². The minimum absolute atomic E-state index is 0. The van der Waals surface area contributed by atoms with E-state index in [-0.39, 0.29) is 43.4 Å². The van der Waals surface area contributed by atoms with E-state index in [0.717, 1.165) is 32.7 Å². The Morgan fingerprint density at radius 3 is 1.94 bits per heavy atom. The van der Waals surface area contributed by atoms with Crippen molar-refractivity contribution in [2.24, 2.45) is 8.80 Å². The van der Waals surface area contributed by atoms with Crippen molar-refractivity contribution in [2.45, 2.75) is 66.2 Å². The van der Waals surface area contributed by atoms with Gasteiger partial charge in [0.25, 0.3) is 0 Å². The molecule has 1 heterocycles. The molecule has 0 atom stereocenters. The van der Waals surface area contributed by atoms with Gasteiger partial charge in [-0.3, -0.25) is 4.79 Å². The summed E-state index contributed by atoms with van der Waals surface area (Å²) in [5, 5.41) is 12.7. The Morgan fingerprint density at radius 2 is 1.46 bits per heavy atom. The van der Waals surface area contributed by atoms with Gasteiger partial charge >= 0.3 is 10.2 Å². The summed E-state index contributed by atoms with van der Waals surface area (Å²) in [5.41, 5.74) is 2.00. The van der Waals surface area contributed by atoms with E-state index >= 15 is 0 Å². The molecule has 190 valence electrons. The summed E-state index contributed by atoms with van der Waals surface area (Å²) < 4.78 is 32.3. The molecular weight excluding hydrogens is 643 g/mol. The second-order valence-electron chi connectivity index (χ2n) is 10.6. The molecule has 0 aliphatic carbocycles. The van der Waals surface area contributed by atoms with E-state index in [4.69, 9.17) is 5.11 Å². The van der Waals surface area contributed by atoms with Gasteiger partial charge in [-0.1, -0.05) is 64.4 Å². The molecule has 0 amide bonds. The minimum atomic E-state index is -3.85. The van der Waals surface area contributed by atoms with Gasteiger partial charge in [-0.15, -0.1) is 29.1 Å². The number of aliphatic hydroxyl groups is 1. The predicted octanol–water partition coefficient (Wildman–Crippen LogP) is 4.92. The summed E-state index contributed by atoms with van der Waals surface area (Å²) in [7, 11) is -3.85. The first-order valence-corrected chi connectivity index (χ1v) is 12.4. The number of aliphatic hydroxyl groups excluding tert-OH is 1. The van der Waals surface area contributed by atoms with Crippen LogP contribution in [0.3, 0.4) is 0 Å². The first-order chi connectivity index (χ1) is 15.5. The van der Waals surface area contributed by atoms with Gasteiger partial charge in [-0.05, 0) is 41.7 Å². The van der Waals surface area contributed by atoms with Crippen LogP contribution < -0.4 is 10.7 Å². The maximum atomic E-state index is 12.2. The molecule has 3 aromatic carbocycles. The van der Waals surface area contributed by atoms with E-state index < -0.39 is 10.2 Å². The number of rotatable bonds is 1. The van der Waals surface area contributed by atoms with E-state index in [1.807, 2.05) is 12.1 Å². The van der Waals surface area contributed by atoms with E-state index in [1.54, 1.807) is 0 Å². The molecule has 35 heavy (non-hydrogen) atoms. The third-order valence-corrected chi connectivity index (χ3v) is 6.30. The van der Waals surface area contributed by atoms with E-state index in [1.165, 1.54) is 19.9 Å². The van der Waals surface area contributed by atoms with Crippen LogP contribution in [-0.4, -0.2) is 19.3 Å². The minimum Gasteiger partial charge on any atom is -0.512 e. The van der Waals surface area contributed by atoms with Gasteiger partial charge in [0.05, 0.1) is 11.1 Å². The Morgan fingerprint density at radius 1 is 0.886 bits per heavy atom. The predicted molar refractivity (Wildman–Crippen MR) is 136 cm³/mol. The van der Waals surface area contributed by atoms with Gasteiger partial charge in [0.15, 0.2) is 5.78 Å². The molecule has 0 bridgehead atoms. The van der Waals surface area contributed by atoms with Crippen LogP contribution in [0.15, 0.2) is 51.0 Å². The Balaban J connectivity index is 0.000000476. The molecule has 0 fully saturated rings. The summed E-state index contributed by atoms with van der Waals surface area (Å²) in [6.07, 6.45) is 1.17. The number of ketones is 1. The number of nitrogens with zero attached hydrogens (tertiary/aromatic N) is 2. The molecule has 1 aliphatic heterocycles. The van der Waals surface area contributed by atoms with Crippen molar-refractivity contribution in [3.8, 4) is 0 Å². The third-order valence-electron chi connectivity index (χ3n) is 5.47. The van der Waals surface area contributed by atoms with Gasteiger partial charge in [0.1, 0.15) is 0 Å². The van der Waals surface area contributed by atoms with Crippen LogP contribution in [0.1, 0.15) is 66.5 Å². The molecule has 4 rings (SSSR count). The van der Waals surface area contributed by atoms with E-state index in [9.17, 15) is 13.2 Å². The molecule has 1 aliphatic rings. The molecule has 0 saturated carbocycles. The maximum absolute atomic E-state index is 12.2. The Kier molecular flexibility index (Phi) is 8.20. The standard InChI is InChI=1S/C22H23N2O2S.C5H8O2.Pt/c1-21(2,3)13-7-9-15-16-10-8-14(22(4,5)6)12-18(16)20-19(17(15)11-13)23-27(25,26)24-20;1-4(6)3-5(2)7;/h7-11H,1-6H3;3,6H,1-2H3;/q-1;;/b;4-3-;. The summed E-state index contributed by atoms with van der Waals surface area (Å²) in [6, 6.07) is 13.7. The van der Waals surface area contributed by atoms with Gasteiger partial charge in [-0.25, -0.2) is 0 Å². The van der Waals surface area contributed by atoms with Crippen LogP contribution in [0.25, 0.3) is 21.5 Å². The molecule has 8 heteroatoms. The number of carbonyl (C=O) groups excluding carboxylic acids is 1. The van der Waals surface area contributed by atoms with Crippen molar-refractivity contribution in [1.82, 2.24) is 0 Å². The fourth-order valence-electron chi connectivity index (χ4n) is 3.76. The number of benzene rings is 3. The summed E-state index contributed by atoms with van der Waals surface area (Å²) in [5.74, 6) is -0.0625. The van der Waals surface area contributed by atoms with Crippen molar-refractivity contribution < 1.29 is 39.4 Å². The summed E-state index contributed by atoms with van der Waals surface area (Å²) in [4.78, 5) is 10.0. The monoisotopic (exact) mass is 674 g/mol. The molecule has 0 spiro atoms. The zero-order valence-electron chi connectivity index (χ0n) is 21.3. The average Bonchev–Trinajstić information content (AvgIpc) is 3.01. The molecule has 0 aromatic heterocycles. The van der Waals surface area contributed by atoms with Crippen molar-refractivity contribution in [2.75, 3.05) is 0 Å². The van der Waals surface area contributed by atoms with Crippen LogP contribution in [0, 0.1) is 6.07 Å². The molecule has 1 N–H and O–H groups in total. The van der Waals surface area contributed by atoms with Crippen LogP contribution in [0.5, 0.6) is 0 Å². The first kappa shape index (κ1) is 28.9. The summed E-state index contributed by atoms with van der Waals surface area (Å²) >= 11 is 0. The SMILES string of the molecule is CC(=O)/C=C(/C)O.CC(C)(C)c1[c-]c2c3c(c4cc(C(C)(C)C)ccc4c2cc1)=NS(=O)(=O)N=3.[Pt]. The Hall–Kier alpha value is -2.37. The normalized spacial score (nSPS) is 14.8. The number of hydrogen-bond acceptors (Lipinski definition) is 4. The second-order valence-corrected chi connectivity index (χ2v) is 11.9. The van der Waals surface area contributed by atoms with Crippen molar-refractivity contribution >= 4 is 37.5 Å². The fraction of sp³-hybridized carbons (Fsp3) is 0.370. The Labute approximate surface area is 221 Å². The smallest absolute Gasteiger partial charge is 0.354 e. The van der Waals surface area contributed by atoms with Gasteiger partial charge in [-0.2, -0.15) is 17.2 Å². The second kappa shape index (κ2) is 9.94. The van der Waals surface area contributed by atoms with Gasteiger partial charge in [0, 0.05) is 32.5 Å². The van der Waals surface area contributed by atoms with Crippen LogP contribution in [0.2, 0.25) is 0 Å². The van der Waals surface area contributed by atoms with Crippen LogP contribution >= 0.6 is 0 Å². The first-order valence-electron chi connectivity index (χ1n) is 11.0. The van der Waals surface area contributed by atoms with Crippen molar-refractivity contribution in [3.05, 3.63) is 70.1 Å². The van der Waals surface area contributed by atoms with Gasteiger partial charge < -0.3 is 5.11 Å². The quantitative estimate of drug-likeness (QED) is 0.172. The van der Waals surface area contributed by atoms with Crippen molar-refractivity contribution in [3.63, 3.8) is 0 Å².